The average molecular weight is 280 g/mol. The van der Waals surface area contributed by atoms with Crippen molar-refractivity contribution >= 4 is 22.6 Å². The summed E-state index contributed by atoms with van der Waals surface area (Å²) < 4.78 is 5.66. The smallest absolute Gasteiger partial charge is 0.339 e. The predicted octanol–water partition coefficient (Wildman–Crippen LogP) is 3.31. The highest BCUT2D eigenvalue weighted by Gasteiger charge is 2.15. The Morgan fingerprint density at radius 2 is 2.00 bits per heavy atom. The summed E-state index contributed by atoms with van der Waals surface area (Å²) in [6.07, 6.45) is 1.69. The van der Waals surface area contributed by atoms with Crippen LogP contribution in [-0.4, -0.2) is 16.1 Å². The number of carbonyl (C=O) groups is 1. The molecule has 0 spiro atoms. The number of ether oxygens (including phenoxy) is 1. The lowest BCUT2D eigenvalue weighted by molar-refractivity contribution is 0.0694. The van der Waals surface area contributed by atoms with Crippen molar-refractivity contribution in [3.05, 3.63) is 60.3 Å². The Bertz CT molecular complexity index is 831. The summed E-state index contributed by atoms with van der Waals surface area (Å²) in [6.45, 7) is 0. The monoisotopic (exact) mass is 280 g/mol. The quantitative estimate of drug-likeness (QED) is 0.719. The SMILES string of the molecule is Nc1cccc(C(=O)O)c1Oc1ccc2cccnc2c1. The van der Waals surface area contributed by atoms with Crippen molar-refractivity contribution in [3.8, 4) is 11.5 Å². The predicted molar refractivity (Wildman–Crippen MR) is 79.6 cm³/mol. The van der Waals surface area contributed by atoms with Gasteiger partial charge in [0.15, 0.2) is 5.75 Å². The van der Waals surface area contributed by atoms with E-state index in [0.29, 0.717) is 5.75 Å². The number of aromatic carboxylic acids is 1. The number of hydrogen-bond acceptors (Lipinski definition) is 4. The van der Waals surface area contributed by atoms with Crippen LogP contribution in [0.4, 0.5) is 5.69 Å². The van der Waals surface area contributed by atoms with E-state index in [0.717, 1.165) is 10.9 Å². The summed E-state index contributed by atoms with van der Waals surface area (Å²) >= 11 is 0. The lowest BCUT2D eigenvalue weighted by Crippen LogP contribution is -2.02. The van der Waals surface area contributed by atoms with Crippen LogP contribution in [-0.2, 0) is 0 Å². The molecule has 0 aliphatic rings. The number of pyridine rings is 1. The van der Waals surface area contributed by atoms with Crippen molar-refractivity contribution in [3.63, 3.8) is 0 Å². The third kappa shape index (κ3) is 2.49. The minimum absolute atomic E-state index is 0.0242. The van der Waals surface area contributed by atoms with Crippen LogP contribution in [0.15, 0.2) is 54.7 Å². The van der Waals surface area contributed by atoms with E-state index in [1.54, 1.807) is 30.5 Å². The van der Waals surface area contributed by atoms with Gasteiger partial charge in [0.1, 0.15) is 11.3 Å². The molecule has 0 radical (unpaired) electrons. The normalized spacial score (nSPS) is 10.5. The second-order valence-electron chi connectivity index (χ2n) is 4.49. The largest absolute Gasteiger partial charge is 0.478 e. The van der Waals surface area contributed by atoms with Gasteiger partial charge in [-0.3, -0.25) is 4.98 Å². The number of rotatable bonds is 3. The van der Waals surface area contributed by atoms with Gasteiger partial charge in [0.05, 0.1) is 11.2 Å². The zero-order chi connectivity index (χ0) is 14.8. The zero-order valence-corrected chi connectivity index (χ0v) is 11.0. The minimum Gasteiger partial charge on any atom is -0.478 e. The third-order valence-electron chi connectivity index (χ3n) is 3.07. The molecule has 3 aromatic rings. The molecule has 104 valence electrons. The molecule has 1 aromatic heterocycles. The molecule has 21 heavy (non-hydrogen) atoms. The van der Waals surface area contributed by atoms with Crippen molar-refractivity contribution in [2.45, 2.75) is 0 Å². The molecule has 0 fully saturated rings. The molecular weight excluding hydrogens is 268 g/mol. The van der Waals surface area contributed by atoms with Gasteiger partial charge in [-0.25, -0.2) is 4.79 Å². The maximum atomic E-state index is 11.2. The fourth-order valence-corrected chi connectivity index (χ4v) is 2.06. The number of carboxylic acid groups (broad SMARTS) is 1. The molecule has 0 amide bonds. The Hall–Kier alpha value is -3.08. The van der Waals surface area contributed by atoms with E-state index in [4.69, 9.17) is 10.5 Å². The first-order chi connectivity index (χ1) is 10.1. The lowest BCUT2D eigenvalue weighted by atomic mass is 10.1. The maximum absolute atomic E-state index is 11.2. The van der Waals surface area contributed by atoms with E-state index in [-0.39, 0.29) is 17.0 Å². The summed E-state index contributed by atoms with van der Waals surface area (Å²) in [4.78, 5) is 15.5. The van der Waals surface area contributed by atoms with Crippen LogP contribution in [0, 0.1) is 0 Å². The van der Waals surface area contributed by atoms with E-state index >= 15 is 0 Å². The molecule has 3 N–H and O–H groups in total. The summed E-state index contributed by atoms with van der Waals surface area (Å²) in [5, 5.41) is 10.2. The number of para-hydroxylation sites is 1. The van der Waals surface area contributed by atoms with Crippen LogP contribution in [0.5, 0.6) is 11.5 Å². The molecule has 5 nitrogen and oxygen atoms in total. The number of hydrogen-bond donors (Lipinski definition) is 2. The number of benzene rings is 2. The number of anilines is 1. The van der Waals surface area contributed by atoms with Gasteiger partial charge in [-0.2, -0.15) is 0 Å². The van der Waals surface area contributed by atoms with Gasteiger partial charge in [-0.05, 0) is 30.3 Å². The maximum Gasteiger partial charge on any atom is 0.339 e. The van der Waals surface area contributed by atoms with Crippen LogP contribution in [0.25, 0.3) is 10.9 Å². The highest BCUT2D eigenvalue weighted by molar-refractivity contribution is 5.93. The molecule has 0 bridgehead atoms. The molecule has 0 saturated heterocycles. The first-order valence-electron chi connectivity index (χ1n) is 6.29. The van der Waals surface area contributed by atoms with Gasteiger partial charge in [0.2, 0.25) is 0 Å². The van der Waals surface area contributed by atoms with E-state index in [9.17, 15) is 9.90 Å². The van der Waals surface area contributed by atoms with Crippen molar-refractivity contribution in [1.82, 2.24) is 4.98 Å². The van der Waals surface area contributed by atoms with Crippen LogP contribution in [0.1, 0.15) is 10.4 Å². The van der Waals surface area contributed by atoms with Gasteiger partial charge in [0.25, 0.3) is 0 Å². The number of carboxylic acids is 1. The number of nitrogens with two attached hydrogens (primary N) is 1. The Morgan fingerprint density at radius 3 is 2.81 bits per heavy atom. The Labute approximate surface area is 120 Å². The van der Waals surface area contributed by atoms with Crippen molar-refractivity contribution in [2.24, 2.45) is 0 Å². The second-order valence-corrected chi connectivity index (χ2v) is 4.49. The molecule has 0 aliphatic carbocycles. The highest BCUT2D eigenvalue weighted by atomic mass is 16.5. The lowest BCUT2D eigenvalue weighted by Gasteiger charge is -2.11. The Morgan fingerprint density at radius 1 is 1.14 bits per heavy atom. The molecule has 3 rings (SSSR count). The van der Waals surface area contributed by atoms with Gasteiger partial charge < -0.3 is 15.6 Å². The van der Waals surface area contributed by atoms with Gasteiger partial charge in [-0.15, -0.1) is 0 Å². The summed E-state index contributed by atoms with van der Waals surface area (Å²) in [5.74, 6) is -0.460. The van der Waals surface area contributed by atoms with E-state index < -0.39 is 5.97 Å². The Balaban J connectivity index is 2.04. The summed E-state index contributed by atoms with van der Waals surface area (Å²) in [6, 6.07) is 13.8. The number of aromatic nitrogens is 1. The van der Waals surface area contributed by atoms with Crippen molar-refractivity contribution in [1.29, 1.82) is 0 Å². The molecule has 5 heteroatoms. The molecule has 2 aromatic carbocycles. The number of nitrogen functional groups attached to an aromatic ring is 1. The van der Waals surface area contributed by atoms with Crippen LogP contribution in [0.2, 0.25) is 0 Å². The van der Waals surface area contributed by atoms with Crippen LogP contribution in [0.3, 0.4) is 0 Å². The first kappa shape index (κ1) is 12.9. The molecule has 1 heterocycles. The van der Waals surface area contributed by atoms with Crippen molar-refractivity contribution in [2.75, 3.05) is 5.73 Å². The van der Waals surface area contributed by atoms with E-state index in [1.165, 1.54) is 6.07 Å². The van der Waals surface area contributed by atoms with Gasteiger partial charge >= 0.3 is 5.97 Å². The molecule has 0 aliphatic heterocycles. The number of fused-ring (bicyclic) bond motifs is 1. The second kappa shape index (κ2) is 5.13. The molecule has 0 saturated carbocycles. The Kier molecular flexibility index (Phi) is 3.16. The summed E-state index contributed by atoms with van der Waals surface area (Å²) in [5.41, 5.74) is 6.88. The van der Waals surface area contributed by atoms with Crippen LogP contribution < -0.4 is 10.5 Å². The van der Waals surface area contributed by atoms with E-state index in [1.807, 2.05) is 18.2 Å². The van der Waals surface area contributed by atoms with E-state index in [2.05, 4.69) is 4.98 Å². The van der Waals surface area contributed by atoms with Crippen molar-refractivity contribution < 1.29 is 14.6 Å². The standard InChI is InChI=1S/C16H12N2O3/c17-13-5-1-4-12(16(19)20)15(13)21-11-7-6-10-3-2-8-18-14(10)9-11/h1-9H,17H2,(H,19,20). The van der Waals surface area contributed by atoms with Crippen LogP contribution >= 0.6 is 0 Å². The van der Waals surface area contributed by atoms with Gasteiger partial charge in [0, 0.05) is 17.6 Å². The molecular formula is C16H12N2O3. The number of nitrogens with zero attached hydrogens (tertiary/aromatic N) is 1. The van der Waals surface area contributed by atoms with Gasteiger partial charge in [-0.1, -0.05) is 12.1 Å². The molecule has 0 atom stereocenters. The minimum atomic E-state index is -1.09. The fraction of sp³-hybridized carbons (Fsp3) is 0. The highest BCUT2D eigenvalue weighted by Crippen LogP contribution is 2.32. The zero-order valence-electron chi connectivity index (χ0n) is 11.0. The average Bonchev–Trinajstić information content (AvgIpc) is 2.49. The first-order valence-corrected chi connectivity index (χ1v) is 6.29. The fourth-order valence-electron chi connectivity index (χ4n) is 2.06. The molecule has 0 unspecified atom stereocenters. The topological polar surface area (TPSA) is 85.4 Å². The third-order valence-corrected chi connectivity index (χ3v) is 3.07. The summed E-state index contributed by atoms with van der Waals surface area (Å²) in [7, 11) is 0.